The van der Waals surface area contributed by atoms with Gasteiger partial charge in [-0.3, -0.25) is 0 Å². The molecule has 0 saturated heterocycles. The minimum absolute atomic E-state index is 0.293. The highest BCUT2D eigenvalue weighted by atomic mass is 79.9. The molecular formula is C15H9BrClFN2. The molecule has 1 heterocycles. The van der Waals surface area contributed by atoms with Gasteiger partial charge in [-0.05, 0) is 36.8 Å². The second kappa shape index (κ2) is 5.11. The van der Waals surface area contributed by atoms with E-state index in [4.69, 9.17) is 11.6 Å². The van der Waals surface area contributed by atoms with Gasteiger partial charge in [-0.1, -0.05) is 39.7 Å². The number of hydrogen-bond donors (Lipinski definition) is 0. The quantitative estimate of drug-likeness (QED) is 0.566. The van der Waals surface area contributed by atoms with E-state index in [1.54, 1.807) is 25.1 Å². The lowest BCUT2D eigenvalue weighted by Gasteiger charge is -2.07. The number of rotatable bonds is 1. The van der Waals surface area contributed by atoms with E-state index in [-0.39, 0.29) is 5.82 Å². The summed E-state index contributed by atoms with van der Waals surface area (Å²) >= 11 is 9.55. The van der Waals surface area contributed by atoms with Gasteiger partial charge in [0.25, 0.3) is 0 Å². The van der Waals surface area contributed by atoms with Gasteiger partial charge < -0.3 is 0 Å². The number of nitrogens with zero attached hydrogens (tertiary/aromatic N) is 2. The summed E-state index contributed by atoms with van der Waals surface area (Å²) in [5.41, 5.74) is 1.58. The summed E-state index contributed by atoms with van der Waals surface area (Å²) in [7, 11) is 0. The molecule has 0 aliphatic rings. The van der Waals surface area contributed by atoms with Gasteiger partial charge in [0.2, 0.25) is 0 Å². The summed E-state index contributed by atoms with van der Waals surface area (Å²) in [5.74, 6) is -0.0280. The van der Waals surface area contributed by atoms with Crippen LogP contribution in [-0.4, -0.2) is 9.97 Å². The number of fused-ring (bicyclic) bond motifs is 1. The first-order chi connectivity index (χ1) is 9.56. The minimum atomic E-state index is -0.321. The third kappa shape index (κ3) is 2.30. The van der Waals surface area contributed by atoms with E-state index in [1.165, 1.54) is 0 Å². The Bertz CT molecular complexity index is 820. The van der Waals surface area contributed by atoms with E-state index < -0.39 is 0 Å². The van der Waals surface area contributed by atoms with E-state index in [2.05, 4.69) is 25.9 Å². The Morgan fingerprint density at radius 3 is 2.75 bits per heavy atom. The first-order valence-electron chi connectivity index (χ1n) is 5.94. The van der Waals surface area contributed by atoms with Crippen LogP contribution in [0.3, 0.4) is 0 Å². The van der Waals surface area contributed by atoms with Crippen molar-refractivity contribution in [2.24, 2.45) is 0 Å². The van der Waals surface area contributed by atoms with Gasteiger partial charge >= 0.3 is 0 Å². The molecule has 0 N–H and O–H groups in total. The highest BCUT2D eigenvalue weighted by molar-refractivity contribution is 9.10. The van der Waals surface area contributed by atoms with Crippen molar-refractivity contribution in [1.82, 2.24) is 9.97 Å². The van der Waals surface area contributed by atoms with Crippen molar-refractivity contribution >= 4 is 38.4 Å². The molecule has 0 aliphatic heterocycles. The van der Waals surface area contributed by atoms with Crippen LogP contribution in [0.25, 0.3) is 22.3 Å². The molecule has 0 aliphatic carbocycles. The summed E-state index contributed by atoms with van der Waals surface area (Å²) in [6.07, 6.45) is 0. The molecule has 0 saturated carbocycles. The fourth-order valence-corrected chi connectivity index (χ4v) is 2.59. The number of aromatic nitrogens is 2. The number of hydrogen-bond acceptors (Lipinski definition) is 2. The van der Waals surface area contributed by atoms with Crippen LogP contribution in [0.4, 0.5) is 4.39 Å². The highest BCUT2D eigenvalue weighted by Crippen LogP contribution is 2.28. The van der Waals surface area contributed by atoms with Gasteiger partial charge in [0.15, 0.2) is 5.82 Å². The number of halogens is 3. The van der Waals surface area contributed by atoms with Crippen LogP contribution >= 0.6 is 27.5 Å². The monoisotopic (exact) mass is 350 g/mol. The molecule has 0 radical (unpaired) electrons. The lowest BCUT2D eigenvalue weighted by molar-refractivity contribution is 0.621. The average Bonchev–Trinajstić information content (AvgIpc) is 2.41. The molecule has 3 rings (SSSR count). The molecule has 1 aromatic heterocycles. The molecule has 20 heavy (non-hydrogen) atoms. The van der Waals surface area contributed by atoms with Gasteiger partial charge in [0.05, 0.1) is 11.1 Å². The molecule has 2 nitrogen and oxygen atoms in total. The maximum atomic E-state index is 14.2. The Hall–Kier alpha value is -1.52. The molecule has 100 valence electrons. The molecule has 0 unspecified atom stereocenters. The van der Waals surface area contributed by atoms with Crippen molar-refractivity contribution in [2.45, 2.75) is 6.92 Å². The fraction of sp³-hybridized carbons (Fsp3) is 0.0667. The largest absolute Gasteiger partial charge is 0.228 e. The predicted molar refractivity (Wildman–Crippen MR) is 82.4 cm³/mol. The zero-order valence-corrected chi connectivity index (χ0v) is 12.8. The fourth-order valence-electron chi connectivity index (χ4n) is 2.00. The second-order valence-electron chi connectivity index (χ2n) is 4.44. The maximum absolute atomic E-state index is 14.2. The van der Waals surface area contributed by atoms with Gasteiger partial charge in [-0.15, -0.1) is 0 Å². The molecule has 0 spiro atoms. The topological polar surface area (TPSA) is 25.8 Å². The smallest absolute Gasteiger partial charge is 0.164 e. The zero-order chi connectivity index (χ0) is 14.3. The van der Waals surface area contributed by atoms with E-state index in [1.807, 2.05) is 18.2 Å². The molecule has 0 amide bonds. The lowest BCUT2D eigenvalue weighted by Crippen LogP contribution is -1.95. The lowest BCUT2D eigenvalue weighted by atomic mass is 10.1. The van der Waals surface area contributed by atoms with E-state index in [9.17, 15) is 4.39 Å². The minimum Gasteiger partial charge on any atom is -0.228 e. The van der Waals surface area contributed by atoms with E-state index in [0.29, 0.717) is 27.6 Å². The summed E-state index contributed by atoms with van der Waals surface area (Å²) < 4.78 is 15.1. The Morgan fingerprint density at radius 1 is 1.15 bits per heavy atom. The van der Waals surface area contributed by atoms with Crippen molar-refractivity contribution < 1.29 is 4.39 Å². The third-order valence-corrected chi connectivity index (χ3v) is 3.83. The van der Waals surface area contributed by atoms with Crippen molar-refractivity contribution in [2.75, 3.05) is 0 Å². The van der Waals surface area contributed by atoms with Crippen LogP contribution in [-0.2, 0) is 0 Å². The van der Waals surface area contributed by atoms with Crippen LogP contribution in [0.15, 0.2) is 40.9 Å². The molecule has 2 aromatic carbocycles. The predicted octanol–water partition coefficient (Wildman–Crippen LogP) is 5.16. The van der Waals surface area contributed by atoms with Gasteiger partial charge in [0, 0.05) is 9.86 Å². The Labute approximate surface area is 128 Å². The van der Waals surface area contributed by atoms with Gasteiger partial charge in [-0.25, -0.2) is 14.4 Å². The number of aryl methyl sites for hydroxylation is 1. The molecular weight excluding hydrogens is 343 g/mol. The Morgan fingerprint density at radius 2 is 1.95 bits per heavy atom. The van der Waals surface area contributed by atoms with Crippen LogP contribution in [0.2, 0.25) is 5.15 Å². The SMILES string of the molecule is Cc1cccc(-c2nc(Cl)c3ccc(Br)cc3n2)c1F. The zero-order valence-electron chi connectivity index (χ0n) is 10.5. The first-order valence-corrected chi connectivity index (χ1v) is 7.11. The molecule has 0 atom stereocenters. The Kier molecular flexibility index (Phi) is 3.44. The Balaban J connectivity index is 2.29. The van der Waals surface area contributed by atoms with E-state index in [0.717, 1.165) is 9.86 Å². The summed E-state index contributed by atoms with van der Waals surface area (Å²) in [5, 5.41) is 1.06. The van der Waals surface area contributed by atoms with Gasteiger partial charge in [0.1, 0.15) is 11.0 Å². The summed E-state index contributed by atoms with van der Waals surface area (Å²) in [6.45, 7) is 1.71. The van der Waals surface area contributed by atoms with Crippen molar-refractivity contribution in [3.05, 3.63) is 57.4 Å². The number of benzene rings is 2. The summed E-state index contributed by atoms with van der Waals surface area (Å²) in [4.78, 5) is 8.61. The van der Waals surface area contributed by atoms with Crippen LogP contribution < -0.4 is 0 Å². The average molecular weight is 352 g/mol. The van der Waals surface area contributed by atoms with Gasteiger partial charge in [-0.2, -0.15) is 0 Å². The van der Waals surface area contributed by atoms with Crippen molar-refractivity contribution in [1.29, 1.82) is 0 Å². The van der Waals surface area contributed by atoms with Crippen molar-refractivity contribution in [3.8, 4) is 11.4 Å². The normalized spacial score (nSPS) is 11.0. The van der Waals surface area contributed by atoms with E-state index >= 15 is 0 Å². The molecule has 3 aromatic rings. The second-order valence-corrected chi connectivity index (χ2v) is 5.71. The molecule has 5 heteroatoms. The first kappa shape index (κ1) is 13.5. The maximum Gasteiger partial charge on any atom is 0.164 e. The van der Waals surface area contributed by atoms with Crippen LogP contribution in [0, 0.1) is 12.7 Å². The summed E-state index contributed by atoms with van der Waals surface area (Å²) in [6, 6.07) is 10.7. The van der Waals surface area contributed by atoms with Crippen LogP contribution in [0.1, 0.15) is 5.56 Å². The van der Waals surface area contributed by atoms with Crippen molar-refractivity contribution in [3.63, 3.8) is 0 Å². The standard InChI is InChI=1S/C15H9BrClFN2/c1-8-3-2-4-11(13(8)18)15-19-12-7-9(16)5-6-10(12)14(17)20-15/h2-7H,1H3. The molecule has 0 fully saturated rings. The third-order valence-electron chi connectivity index (χ3n) is 3.05. The molecule has 0 bridgehead atoms. The van der Waals surface area contributed by atoms with Crippen LogP contribution in [0.5, 0.6) is 0 Å². The highest BCUT2D eigenvalue weighted by Gasteiger charge is 2.13.